The van der Waals surface area contributed by atoms with Gasteiger partial charge < -0.3 is 9.42 Å². The molecule has 0 spiro atoms. The van der Waals surface area contributed by atoms with Gasteiger partial charge in [-0.25, -0.2) is 8.78 Å². The lowest BCUT2D eigenvalue weighted by atomic mass is 10.1. The van der Waals surface area contributed by atoms with Crippen LogP contribution in [0, 0.1) is 18.6 Å². The number of piperazine rings is 1. The molecule has 2 aromatic carbocycles. The van der Waals surface area contributed by atoms with Crippen molar-refractivity contribution in [3.8, 4) is 11.4 Å². The molecule has 32 heavy (non-hydrogen) atoms. The van der Waals surface area contributed by atoms with Crippen LogP contribution in [-0.4, -0.2) is 58.6 Å². The van der Waals surface area contributed by atoms with Gasteiger partial charge in [0.15, 0.2) is 0 Å². The van der Waals surface area contributed by atoms with E-state index in [0.29, 0.717) is 60.5 Å². The van der Waals surface area contributed by atoms with E-state index in [9.17, 15) is 13.6 Å². The smallest absolute Gasteiger partial charge is 0.256 e. The van der Waals surface area contributed by atoms with E-state index in [1.54, 1.807) is 24.0 Å². The van der Waals surface area contributed by atoms with Gasteiger partial charge in [0, 0.05) is 43.2 Å². The van der Waals surface area contributed by atoms with Gasteiger partial charge in [0.05, 0.1) is 5.56 Å². The first kappa shape index (κ1) is 22.4. The number of hydrogen-bond acceptors (Lipinski definition) is 5. The fourth-order valence-electron chi connectivity index (χ4n) is 3.67. The molecule has 0 saturated carbocycles. The van der Waals surface area contributed by atoms with Crippen LogP contribution in [0.15, 0.2) is 40.9 Å². The summed E-state index contributed by atoms with van der Waals surface area (Å²) in [6.45, 7) is 4.96. The van der Waals surface area contributed by atoms with Crippen LogP contribution in [0.1, 0.15) is 28.2 Å². The summed E-state index contributed by atoms with van der Waals surface area (Å²) in [5.74, 6) is -0.320. The van der Waals surface area contributed by atoms with Crippen molar-refractivity contribution < 1.29 is 18.1 Å². The number of carbonyl (C=O) groups is 1. The number of aryl methyl sites for hydroxylation is 2. The van der Waals surface area contributed by atoms with Crippen molar-refractivity contribution in [3.05, 3.63) is 70.1 Å². The molecule has 0 atom stereocenters. The molecule has 9 heteroatoms. The molecule has 0 unspecified atom stereocenters. The monoisotopic (exact) mass is 460 g/mol. The van der Waals surface area contributed by atoms with Gasteiger partial charge in [0.25, 0.3) is 5.91 Å². The lowest BCUT2D eigenvalue weighted by molar-refractivity contribution is 0.0631. The molecule has 1 saturated heterocycles. The maximum absolute atomic E-state index is 14.0. The van der Waals surface area contributed by atoms with Crippen LogP contribution in [0.25, 0.3) is 11.4 Å². The Balaban J connectivity index is 1.24. The molecule has 1 amide bonds. The van der Waals surface area contributed by atoms with Crippen LogP contribution < -0.4 is 0 Å². The molecule has 1 aliphatic heterocycles. The summed E-state index contributed by atoms with van der Waals surface area (Å²) >= 11 is 5.90. The van der Waals surface area contributed by atoms with E-state index in [1.807, 2.05) is 0 Å². The maximum atomic E-state index is 14.0. The standard InChI is InChI=1S/C23H23ClF2N4O2/c1-15-4-5-16(13-20(15)26)22-27-21(32-28-22)3-2-8-29-9-11-30(12-10-29)23(31)18-14-17(24)6-7-19(18)25/h4-7,13-14H,2-3,8-12H2,1H3. The van der Waals surface area contributed by atoms with Crippen molar-refractivity contribution in [2.75, 3.05) is 32.7 Å². The van der Waals surface area contributed by atoms with Gasteiger partial charge in [-0.05, 0) is 49.7 Å². The van der Waals surface area contributed by atoms with Crippen LogP contribution in [0.5, 0.6) is 0 Å². The number of hydrogen-bond donors (Lipinski definition) is 0. The maximum Gasteiger partial charge on any atom is 0.256 e. The Bertz CT molecular complexity index is 1110. The molecule has 168 valence electrons. The Labute approximate surface area is 189 Å². The fourth-order valence-corrected chi connectivity index (χ4v) is 3.84. The van der Waals surface area contributed by atoms with Gasteiger partial charge in [-0.15, -0.1) is 0 Å². The summed E-state index contributed by atoms with van der Waals surface area (Å²) < 4.78 is 33.0. The van der Waals surface area contributed by atoms with E-state index in [4.69, 9.17) is 16.1 Å². The highest BCUT2D eigenvalue weighted by atomic mass is 35.5. The van der Waals surface area contributed by atoms with E-state index in [1.165, 1.54) is 24.3 Å². The van der Waals surface area contributed by atoms with Crippen molar-refractivity contribution in [1.82, 2.24) is 19.9 Å². The molecule has 1 aliphatic rings. The van der Waals surface area contributed by atoms with Crippen LogP contribution in [0.4, 0.5) is 8.78 Å². The number of amides is 1. The molecular formula is C23H23ClF2N4O2. The van der Waals surface area contributed by atoms with Crippen LogP contribution >= 0.6 is 11.6 Å². The molecule has 0 N–H and O–H groups in total. The zero-order valence-corrected chi connectivity index (χ0v) is 18.4. The Kier molecular flexibility index (Phi) is 6.81. The molecule has 0 bridgehead atoms. The highest BCUT2D eigenvalue weighted by Gasteiger charge is 2.24. The molecule has 2 heterocycles. The Morgan fingerprint density at radius 2 is 1.88 bits per heavy atom. The quantitative estimate of drug-likeness (QED) is 0.546. The van der Waals surface area contributed by atoms with E-state index in [0.717, 1.165) is 13.0 Å². The minimum atomic E-state index is -0.561. The number of benzene rings is 2. The first-order chi connectivity index (χ1) is 15.4. The Morgan fingerprint density at radius 3 is 2.62 bits per heavy atom. The van der Waals surface area contributed by atoms with E-state index in [2.05, 4.69) is 15.0 Å². The molecule has 6 nitrogen and oxygen atoms in total. The van der Waals surface area contributed by atoms with Gasteiger partial charge >= 0.3 is 0 Å². The van der Waals surface area contributed by atoms with Gasteiger partial charge in [0.1, 0.15) is 11.6 Å². The van der Waals surface area contributed by atoms with Crippen LogP contribution in [0.3, 0.4) is 0 Å². The molecule has 1 fully saturated rings. The average molecular weight is 461 g/mol. The zero-order valence-electron chi connectivity index (χ0n) is 17.7. The summed E-state index contributed by atoms with van der Waals surface area (Å²) in [6.07, 6.45) is 1.41. The molecule has 3 aromatic rings. The first-order valence-electron chi connectivity index (χ1n) is 10.5. The summed E-state index contributed by atoms with van der Waals surface area (Å²) in [7, 11) is 0. The van der Waals surface area contributed by atoms with Crippen LogP contribution in [0.2, 0.25) is 5.02 Å². The third-order valence-electron chi connectivity index (χ3n) is 5.58. The third-order valence-corrected chi connectivity index (χ3v) is 5.82. The normalized spacial score (nSPS) is 14.7. The lowest BCUT2D eigenvalue weighted by Gasteiger charge is -2.34. The van der Waals surface area contributed by atoms with Gasteiger partial charge in [-0.3, -0.25) is 9.69 Å². The third kappa shape index (κ3) is 5.14. The lowest BCUT2D eigenvalue weighted by Crippen LogP contribution is -2.49. The number of rotatable bonds is 6. The average Bonchev–Trinajstić information content (AvgIpc) is 3.26. The SMILES string of the molecule is Cc1ccc(-c2noc(CCCN3CCN(C(=O)c4cc(Cl)ccc4F)CC3)n2)cc1F. The summed E-state index contributed by atoms with van der Waals surface area (Å²) in [5, 5.41) is 4.28. The van der Waals surface area contributed by atoms with Gasteiger partial charge in [0.2, 0.25) is 11.7 Å². The predicted molar refractivity (Wildman–Crippen MR) is 117 cm³/mol. The van der Waals surface area contributed by atoms with Crippen molar-refractivity contribution in [3.63, 3.8) is 0 Å². The summed E-state index contributed by atoms with van der Waals surface area (Å²) in [4.78, 5) is 20.8. The highest BCUT2D eigenvalue weighted by molar-refractivity contribution is 6.31. The van der Waals surface area contributed by atoms with Crippen molar-refractivity contribution >= 4 is 17.5 Å². The summed E-state index contributed by atoms with van der Waals surface area (Å²) in [6, 6.07) is 8.87. The minimum absolute atomic E-state index is 0.00612. The molecular weight excluding hydrogens is 438 g/mol. The second kappa shape index (κ2) is 9.75. The van der Waals surface area contributed by atoms with Crippen LogP contribution in [-0.2, 0) is 6.42 Å². The molecule has 0 radical (unpaired) electrons. The number of aromatic nitrogens is 2. The number of halogens is 3. The first-order valence-corrected chi connectivity index (χ1v) is 10.8. The molecule has 4 rings (SSSR count). The fraction of sp³-hybridized carbons (Fsp3) is 0.348. The Morgan fingerprint density at radius 1 is 1.09 bits per heavy atom. The number of nitrogens with zero attached hydrogens (tertiary/aromatic N) is 4. The van der Waals surface area contributed by atoms with E-state index in [-0.39, 0.29) is 17.3 Å². The van der Waals surface area contributed by atoms with Gasteiger partial charge in [-0.2, -0.15) is 4.98 Å². The largest absolute Gasteiger partial charge is 0.339 e. The zero-order chi connectivity index (χ0) is 22.7. The highest BCUT2D eigenvalue weighted by Crippen LogP contribution is 2.20. The second-order valence-electron chi connectivity index (χ2n) is 7.84. The number of carbonyl (C=O) groups excluding carboxylic acids is 1. The van der Waals surface area contributed by atoms with Crippen molar-refractivity contribution in [2.45, 2.75) is 19.8 Å². The second-order valence-corrected chi connectivity index (χ2v) is 8.27. The predicted octanol–water partition coefficient (Wildman–Crippen LogP) is 4.37. The molecule has 1 aromatic heterocycles. The van der Waals surface area contributed by atoms with Gasteiger partial charge in [-0.1, -0.05) is 28.9 Å². The van der Waals surface area contributed by atoms with Crippen molar-refractivity contribution in [2.24, 2.45) is 0 Å². The minimum Gasteiger partial charge on any atom is -0.339 e. The van der Waals surface area contributed by atoms with E-state index < -0.39 is 5.82 Å². The molecule has 0 aliphatic carbocycles. The topological polar surface area (TPSA) is 62.5 Å². The Hall–Kier alpha value is -2.84. The van der Waals surface area contributed by atoms with E-state index >= 15 is 0 Å². The summed E-state index contributed by atoms with van der Waals surface area (Å²) in [5.41, 5.74) is 1.16. The van der Waals surface area contributed by atoms with Crippen molar-refractivity contribution in [1.29, 1.82) is 0 Å².